The van der Waals surface area contributed by atoms with Gasteiger partial charge in [0.2, 0.25) is 0 Å². The van der Waals surface area contributed by atoms with Gasteiger partial charge in [-0.25, -0.2) is 0 Å². The van der Waals surface area contributed by atoms with Gasteiger partial charge in [0, 0.05) is 6.04 Å². The Bertz CT molecular complexity index is 287. The summed E-state index contributed by atoms with van der Waals surface area (Å²) in [5.41, 5.74) is 6.68. The summed E-state index contributed by atoms with van der Waals surface area (Å²) in [6.45, 7) is 1.79. The molecule has 0 fully saturated rings. The van der Waals surface area contributed by atoms with Crippen LogP contribution in [0, 0.1) is 0 Å². The van der Waals surface area contributed by atoms with E-state index in [4.69, 9.17) is 5.73 Å². The van der Waals surface area contributed by atoms with Crippen LogP contribution in [0.25, 0.3) is 0 Å². The molecule has 0 radical (unpaired) electrons. The Morgan fingerprint density at radius 3 is 2.07 bits per heavy atom. The summed E-state index contributed by atoms with van der Waals surface area (Å²) >= 11 is 0. The molecular formula is C10H12F3N. The average Bonchev–Trinajstić information content (AvgIpc) is 2.02. The van der Waals surface area contributed by atoms with E-state index in [9.17, 15) is 13.2 Å². The highest BCUT2D eigenvalue weighted by atomic mass is 19.4. The molecular weight excluding hydrogens is 191 g/mol. The van der Waals surface area contributed by atoms with Crippen molar-refractivity contribution in [1.29, 1.82) is 0 Å². The van der Waals surface area contributed by atoms with Crippen LogP contribution in [-0.4, -0.2) is 6.18 Å². The lowest BCUT2D eigenvalue weighted by molar-refractivity contribution is -0.127. The van der Waals surface area contributed by atoms with E-state index in [0.717, 1.165) is 5.56 Å². The second kappa shape index (κ2) is 4.00. The molecule has 78 valence electrons. The van der Waals surface area contributed by atoms with Crippen molar-refractivity contribution >= 4 is 0 Å². The second-order valence-electron chi connectivity index (χ2n) is 3.32. The van der Waals surface area contributed by atoms with E-state index in [1.54, 1.807) is 19.1 Å². The molecule has 0 aliphatic rings. The van der Waals surface area contributed by atoms with Crippen molar-refractivity contribution in [2.24, 2.45) is 5.73 Å². The maximum atomic E-state index is 12.0. The quantitative estimate of drug-likeness (QED) is 0.785. The molecule has 1 nitrogen and oxygen atoms in total. The highest BCUT2D eigenvalue weighted by Gasteiger charge is 2.27. The summed E-state index contributed by atoms with van der Waals surface area (Å²) < 4.78 is 35.9. The van der Waals surface area contributed by atoms with Gasteiger partial charge in [-0.05, 0) is 18.1 Å². The predicted molar refractivity (Wildman–Crippen MR) is 48.8 cm³/mol. The van der Waals surface area contributed by atoms with Crippen LogP contribution < -0.4 is 5.73 Å². The highest BCUT2D eigenvalue weighted by Crippen LogP contribution is 2.22. The fourth-order valence-electron chi connectivity index (χ4n) is 1.17. The van der Waals surface area contributed by atoms with E-state index in [-0.39, 0.29) is 11.6 Å². The first-order valence-corrected chi connectivity index (χ1v) is 4.29. The number of halogens is 3. The molecule has 0 spiro atoms. The Hall–Kier alpha value is -1.03. The summed E-state index contributed by atoms with van der Waals surface area (Å²) in [5, 5.41) is 0. The monoisotopic (exact) mass is 203 g/mol. The van der Waals surface area contributed by atoms with E-state index in [1.807, 2.05) is 0 Å². The number of hydrogen-bond acceptors (Lipinski definition) is 1. The van der Waals surface area contributed by atoms with Crippen LogP contribution in [-0.2, 0) is 6.42 Å². The highest BCUT2D eigenvalue weighted by molar-refractivity contribution is 5.24. The van der Waals surface area contributed by atoms with Crippen LogP contribution in [0.5, 0.6) is 0 Å². The number of benzene rings is 1. The van der Waals surface area contributed by atoms with E-state index >= 15 is 0 Å². The molecule has 0 aliphatic heterocycles. The number of hydrogen-bond donors (Lipinski definition) is 1. The minimum Gasteiger partial charge on any atom is -0.324 e. The third-order valence-electron chi connectivity index (χ3n) is 1.91. The van der Waals surface area contributed by atoms with Gasteiger partial charge in [-0.3, -0.25) is 0 Å². The largest absolute Gasteiger partial charge is 0.393 e. The minimum atomic E-state index is -4.14. The standard InChI is InChI=1S/C10H12F3N/c1-7(14)9-4-2-8(3-5-9)6-10(11,12)13/h2-5,7H,6,14H2,1H3/t7-/m0/s1. The second-order valence-corrected chi connectivity index (χ2v) is 3.32. The molecule has 0 aromatic heterocycles. The number of nitrogens with two attached hydrogens (primary N) is 1. The van der Waals surface area contributed by atoms with E-state index in [0.29, 0.717) is 0 Å². The van der Waals surface area contributed by atoms with Crippen molar-refractivity contribution in [3.05, 3.63) is 35.4 Å². The topological polar surface area (TPSA) is 26.0 Å². The van der Waals surface area contributed by atoms with Crippen LogP contribution in [0.3, 0.4) is 0 Å². The van der Waals surface area contributed by atoms with Gasteiger partial charge in [0.05, 0.1) is 6.42 Å². The number of alkyl halides is 3. The zero-order valence-corrected chi connectivity index (χ0v) is 7.81. The molecule has 0 unspecified atom stereocenters. The predicted octanol–water partition coefficient (Wildman–Crippen LogP) is 2.81. The average molecular weight is 203 g/mol. The van der Waals surface area contributed by atoms with E-state index in [1.165, 1.54) is 12.1 Å². The Balaban J connectivity index is 2.74. The molecule has 0 heterocycles. The first-order chi connectivity index (χ1) is 6.38. The zero-order valence-electron chi connectivity index (χ0n) is 7.81. The molecule has 0 bridgehead atoms. The van der Waals surface area contributed by atoms with Gasteiger partial charge in [-0.1, -0.05) is 24.3 Å². The van der Waals surface area contributed by atoms with Gasteiger partial charge in [0.1, 0.15) is 0 Å². The van der Waals surface area contributed by atoms with Crippen LogP contribution in [0.4, 0.5) is 13.2 Å². The summed E-state index contributed by atoms with van der Waals surface area (Å²) in [7, 11) is 0. The van der Waals surface area contributed by atoms with Gasteiger partial charge in [0.25, 0.3) is 0 Å². The summed E-state index contributed by atoms with van der Waals surface area (Å²) in [5.74, 6) is 0. The van der Waals surface area contributed by atoms with Crippen molar-refractivity contribution in [1.82, 2.24) is 0 Å². The maximum Gasteiger partial charge on any atom is 0.393 e. The Labute approximate surface area is 80.7 Å². The van der Waals surface area contributed by atoms with Crippen LogP contribution >= 0.6 is 0 Å². The zero-order chi connectivity index (χ0) is 10.8. The molecule has 1 aromatic rings. The molecule has 1 atom stereocenters. The van der Waals surface area contributed by atoms with Crippen molar-refractivity contribution in [2.45, 2.75) is 25.6 Å². The Kier molecular flexibility index (Phi) is 3.16. The Morgan fingerprint density at radius 2 is 1.71 bits per heavy atom. The first-order valence-electron chi connectivity index (χ1n) is 4.29. The smallest absolute Gasteiger partial charge is 0.324 e. The van der Waals surface area contributed by atoms with Gasteiger partial charge in [-0.15, -0.1) is 0 Å². The summed E-state index contributed by atoms with van der Waals surface area (Å²) in [6.07, 6.45) is -5.03. The van der Waals surface area contributed by atoms with Gasteiger partial charge >= 0.3 is 6.18 Å². The lowest BCUT2D eigenvalue weighted by Crippen LogP contribution is -2.11. The minimum absolute atomic E-state index is 0.144. The van der Waals surface area contributed by atoms with Crippen molar-refractivity contribution in [3.8, 4) is 0 Å². The van der Waals surface area contributed by atoms with Crippen LogP contribution in [0.1, 0.15) is 24.1 Å². The lowest BCUT2D eigenvalue weighted by atomic mass is 10.1. The van der Waals surface area contributed by atoms with Gasteiger partial charge < -0.3 is 5.73 Å². The van der Waals surface area contributed by atoms with E-state index in [2.05, 4.69) is 0 Å². The normalized spacial score (nSPS) is 14.1. The van der Waals surface area contributed by atoms with Crippen LogP contribution in [0.15, 0.2) is 24.3 Å². The van der Waals surface area contributed by atoms with E-state index < -0.39 is 12.6 Å². The fourth-order valence-corrected chi connectivity index (χ4v) is 1.17. The van der Waals surface area contributed by atoms with Crippen molar-refractivity contribution in [2.75, 3.05) is 0 Å². The lowest BCUT2D eigenvalue weighted by Gasteiger charge is -2.08. The molecule has 14 heavy (non-hydrogen) atoms. The summed E-state index contributed by atoms with van der Waals surface area (Å²) in [6, 6.07) is 6.05. The fraction of sp³-hybridized carbons (Fsp3) is 0.400. The SMILES string of the molecule is C[C@H](N)c1ccc(CC(F)(F)F)cc1. The van der Waals surface area contributed by atoms with Crippen molar-refractivity contribution < 1.29 is 13.2 Å². The molecule has 0 saturated carbocycles. The molecule has 0 amide bonds. The molecule has 0 saturated heterocycles. The maximum absolute atomic E-state index is 12.0. The number of rotatable bonds is 2. The molecule has 1 aromatic carbocycles. The first kappa shape index (κ1) is 11.0. The molecule has 2 N–H and O–H groups in total. The third kappa shape index (κ3) is 3.38. The molecule has 1 rings (SSSR count). The molecule has 4 heteroatoms. The van der Waals surface area contributed by atoms with Crippen LogP contribution in [0.2, 0.25) is 0 Å². The van der Waals surface area contributed by atoms with Crippen molar-refractivity contribution in [3.63, 3.8) is 0 Å². The third-order valence-corrected chi connectivity index (χ3v) is 1.91. The van der Waals surface area contributed by atoms with Gasteiger partial charge in [0.15, 0.2) is 0 Å². The summed E-state index contributed by atoms with van der Waals surface area (Å²) in [4.78, 5) is 0. The molecule has 0 aliphatic carbocycles. The Morgan fingerprint density at radius 1 is 1.21 bits per heavy atom. The van der Waals surface area contributed by atoms with Gasteiger partial charge in [-0.2, -0.15) is 13.2 Å².